The number of carbonyl (C=O) groups excluding carboxylic acids is 1. The van der Waals surface area contributed by atoms with Crippen LogP contribution in [-0.4, -0.2) is 54.9 Å². The van der Waals surface area contributed by atoms with Gasteiger partial charge in [0.2, 0.25) is 0 Å². The van der Waals surface area contributed by atoms with Crippen LogP contribution in [0.5, 0.6) is 0 Å². The summed E-state index contributed by atoms with van der Waals surface area (Å²) in [7, 11) is 0. The molecule has 1 heterocycles. The van der Waals surface area contributed by atoms with E-state index in [1.165, 1.54) is 32.5 Å². The molecule has 1 aliphatic rings. The van der Waals surface area contributed by atoms with E-state index in [-0.39, 0.29) is 12.1 Å². The van der Waals surface area contributed by atoms with Gasteiger partial charge in [0.25, 0.3) is 0 Å². The SMILES string of the molecule is CC(C)CN1CCC(NC(C)CNC(=O)OC(C)(C)C)CC1. The minimum absolute atomic E-state index is 0.258. The van der Waals surface area contributed by atoms with E-state index in [0.29, 0.717) is 12.6 Å². The Morgan fingerprint density at radius 2 is 1.82 bits per heavy atom. The summed E-state index contributed by atoms with van der Waals surface area (Å²) < 4.78 is 5.24. The molecular formula is C17H35N3O2. The first kappa shape index (κ1) is 19.2. The molecule has 0 aromatic rings. The molecule has 0 saturated carbocycles. The number of rotatable bonds is 6. The monoisotopic (exact) mass is 313 g/mol. The molecule has 5 heteroatoms. The van der Waals surface area contributed by atoms with Crippen LogP contribution in [0, 0.1) is 5.92 Å². The highest BCUT2D eigenvalue weighted by molar-refractivity contribution is 5.67. The molecule has 1 amide bonds. The highest BCUT2D eigenvalue weighted by Gasteiger charge is 2.21. The van der Waals surface area contributed by atoms with E-state index < -0.39 is 5.60 Å². The second kappa shape index (κ2) is 8.73. The van der Waals surface area contributed by atoms with Gasteiger partial charge in [-0.15, -0.1) is 0 Å². The number of carbonyl (C=O) groups is 1. The number of nitrogens with one attached hydrogen (secondary N) is 2. The van der Waals surface area contributed by atoms with Crippen LogP contribution in [0.3, 0.4) is 0 Å². The molecule has 22 heavy (non-hydrogen) atoms. The summed E-state index contributed by atoms with van der Waals surface area (Å²) in [4.78, 5) is 14.2. The van der Waals surface area contributed by atoms with Crippen LogP contribution in [-0.2, 0) is 4.74 Å². The molecule has 130 valence electrons. The van der Waals surface area contributed by atoms with Crippen molar-refractivity contribution in [2.24, 2.45) is 5.92 Å². The Labute approximate surface area is 136 Å². The number of piperidine rings is 1. The molecule has 5 nitrogen and oxygen atoms in total. The maximum Gasteiger partial charge on any atom is 0.407 e. The predicted octanol–water partition coefficient (Wildman–Crippen LogP) is 2.61. The van der Waals surface area contributed by atoms with E-state index in [4.69, 9.17) is 4.74 Å². The zero-order valence-corrected chi connectivity index (χ0v) is 15.2. The molecule has 1 saturated heterocycles. The summed E-state index contributed by atoms with van der Waals surface area (Å²) in [5, 5.41) is 6.44. The third-order valence-electron chi connectivity index (χ3n) is 3.68. The smallest absolute Gasteiger partial charge is 0.407 e. The fourth-order valence-electron chi connectivity index (χ4n) is 2.81. The lowest BCUT2D eigenvalue weighted by Gasteiger charge is -2.34. The highest BCUT2D eigenvalue weighted by Crippen LogP contribution is 2.12. The van der Waals surface area contributed by atoms with Gasteiger partial charge in [-0.3, -0.25) is 0 Å². The third kappa shape index (κ3) is 8.59. The van der Waals surface area contributed by atoms with Crippen molar-refractivity contribution in [2.45, 2.75) is 72.1 Å². The Morgan fingerprint density at radius 1 is 1.23 bits per heavy atom. The highest BCUT2D eigenvalue weighted by atomic mass is 16.6. The van der Waals surface area contributed by atoms with Crippen LogP contribution in [0.4, 0.5) is 4.79 Å². The summed E-state index contributed by atoms with van der Waals surface area (Å²) in [6.07, 6.45) is 2.03. The number of amides is 1. The number of nitrogens with zero attached hydrogens (tertiary/aromatic N) is 1. The fourth-order valence-corrected chi connectivity index (χ4v) is 2.81. The van der Waals surface area contributed by atoms with E-state index in [1.54, 1.807) is 0 Å². The van der Waals surface area contributed by atoms with Gasteiger partial charge in [0.15, 0.2) is 0 Å². The predicted molar refractivity (Wildman–Crippen MR) is 91.1 cm³/mol. The molecule has 0 spiro atoms. The molecule has 1 unspecified atom stereocenters. The standard InChI is InChI=1S/C17H35N3O2/c1-13(2)12-20-9-7-15(8-10-20)19-14(3)11-18-16(21)22-17(4,5)6/h13-15,19H,7-12H2,1-6H3,(H,18,21). The van der Waals surface area contributed by atoms with Crippen molar-refractivity contribution in [1.82, 2.24) is 15.5 Å². The summed E-state index contributed by atoms with van der Waals surface area (Å²) in [6.45, 7) is 16.4. The van der Waals surface area contributed by atoms with E-state index in [0.717, 1.165) is 5.92 Å². The fraction of sp³-hybridized carbons (Fsp3) is 0.941. The number of hydrogen-bond acceptors (Lipinski definition) is 4. The first-order valence-electron chi connectivity index (χ1n) is 8.61. The van der Waals surface area contributed by atoms with Gasteiger partial charge in [0.05, 0.1) is 0 Å². The Bertz CT molecular complexity index is 331. The summed E-state index contributed by atoms with van der Waals surface area (Å²) >= 11 is 0. The van der Waals surface area contributed by atoms with Gasteiger partial charge in [-0.25, -0.2) is 4.79 Å². The number of likely N-dealkylation sites (tertiary alicyclic amines) is 1. The van der Waals surface area contributed by atoms with Crippen molar-refractivity contribution in [2.75, 3.05) is 26.2 Å². The minimum Gasteiger partial charge on any atom is -0.444 e. The molecule has 1 aliphatic heterocycles. The normalized spacial score (nSPS) is 19.2. The van der Waals surface area contributed by atoms with Gasteiger partial charge < -0.3 is 20.3 Å². The van der Waals surface area contributed by atoms with Crippen LogP contribution in [0.15, 0.2) is 0 Å². The van der Waals surface area contributed by atoms with Gasteiger partial charge in [0, 0.05) is 25.2 Å². The Balaban J connectivity index is 2.18. The van der Waals surface area contributed by atoms with Gasteiger partial charge in [-0.05, 0) is 59.5 Å². The van der Waals surface area contributed by atoms with Gasteiger partial charge in [-0.1, -0.05) is 13.8 Å². The lowest BCUT2D eigenvalue weighted by molar-refractivity contribution is 0.0521. The molecule has 0 bridgehead atoms. The maximum absolute atomic E-state index is 11.6. The Kier molecular flexibility index (Phi) is 7.63. The molecule has 1 fully saturated rings. The van der Waals surface area contributed by atoms with Crippen molar-refractivity contribution in [1.29, 1.82) is 0 Å². The van der Waals surface area contributed by atoms with Crippen LogP contribution < -0.4 is 10.6 Å². The molecule has 2 N–H and O–H groups in total. The third-order valence-corrected chi connectivity index (χ3v) is 3.68. The second-order valence-electron chi connectivity index (χ2n) is 7.92. The van der Waals surface area contributed by atoms with Crippen molar-refractivity contribution in [3.63, 3.8) is 0 Å². The molecular weight excluding hydrogens is 278 g/mol. The average molecular weight is 313 g/mol. The average Bonchev–Trinajstić information content (AvgIpc) is 2.36. The first-order valence-corrected chi connectivity index (χ1v) is 8.61. The maximum atomic E-state index is 11.6. The van der Waals surface area contributed by atoms with E-state index >= 15 is 0 Å². The molecule has 1 atom stereocenters. The molecule has 1 rings (SSSR count). The van der Waals surface area contributed by atoms with Gasteiger partial charge >= 0.3 is 6.09 Å². The van der Waals surface area contributed by atoms with Gasteiger partial charge in [0.1, 0.15) is 5.60 Å². The lowest BCUT2D eigenvalue weighted by atomic mass is 10.0. The van der Waals surface area contributed by atoms with Crippen LogP contribution in [0.25, 0.3) is 0 Å². The first-order chi connectivity index (χ1) is 10.2. The molecule has 0 aromatic carbocycles. The zero-order chi connectivity index (χ0) is 16.8. The van der Waals surface area contributed by atoms with Crippen LogP contribution in [0.1, 0.15) is 54.4 Å². The van der Waals surface area contributed by atoms with Crippen molar-refractivity contribution in [3.8, 4) is 0 Å². The largest absolute Gasteiger partial charge is 0.444 e. The van der Waals surface area contributed by atoms with Gasteiger partial charge in [-0.2, -0.15) is 0 Å². The minimum atomic E-state index is -0.440. The Hall–Kier alpha value is -0.810. The van der Waals surface area contributed by atoms with E-state index in [2.05, 4.69) is 36.3 Å². The molecule has 0 aliphatic carbocycles. The Morgan fingerprint density at radius 3 is 2.32 bits per heavy atom. The van der Waals surface area contributed by atoms with Crippen molar-refractivity contribution in [3.05, 3.63) is 0 Å². The van der Waals surface area contributed by atoms with E-state index in [1.807, 2.05) is 20.8 Å². The lowest BCUT2D eigenvalue weighted by Crippen LogP contribution is -2.49. The zero-order valence-electron chi connectivity index (χ0n) is 15.2. The summed E-state index contributed by atoms with van der Waals surface area (Å²) in [5.74, 6) is 0.737. The van der Waals surface area contributed by atoms with Crippen LogP contribution in [0.2, 0.25) is 0 Å². The number of ether oxygens (including phenoxy) is 1. The van der Waals surface area contributed by atoms with Crippen molar-refractivity contribution >= 4 is 6.09 Å². The van der Waals surface area contributed by atoms with Crippen molar-refractivity contribution < 1.29 is 9.53 Å². The number of alkyl carbamates (subject to hydrolysis) is 1. The summed E-state index contributed by atoms with van der Waals surface area (Å²) in [6, 6.07) is 0.813. The molecule has 0 radical (unpaired) electrons. The second-order valence-corrected chi connectivity index (χ2v) is 7.92. The number of hydrogen-bond donors (Lipinski definition) is 2. The summed E-state index contributed by atoms with van der Waals surface area (Å²) in [5.41, 5.74) is -0.440. The topological polar surface area (TPSA) is 53.6 Å². The van der Waals surface area contributed by atoms with Crippen LogP contribution >= 0.6 is 0 Å². The molecule has 0 aromatic heterocycles. The quantitative estimate of drug-likeness (QED) is 0.791. The van der Waals surface area contributed by atoms with E-state index in [9.17, 15) is 4.79 Å².